The van der Waals surface area contributed by atoms with E-state index >= 15 is 0 Å². The zero-order valence-corrected chi connectivity index (χ0v) is 8.30. The van der Waals surface area contributed by atoms with Gasteiger partial charge in [-0.15, -0.1) is 0 Å². The van der Waals surface area contributed by atoms with Crippen molar-refractivity contribution < 1.29 is 0 Å². The summed E-state index contributed by atoms with van der Waals surface area (Å²) >= 11 is 0. The van der Waals surface area contributed by atoms with Gasteiger partial charge in [0.1, 0.15) is 0 Å². The number of nitriles is 1. The number of nitrogens with zero attached hydrogens (tertiary/aromatic N) is 2. The number of hydrogen-bond donors (Lipinski definition) is 0. The lowest BCUT2D eigenvalue weighted by atomic mass is 9.96. The summed E-state index contributed by atoms with van der Waals surface area (Å²) in [4.78, 5) is 2.40. The first kappa shape index (κ1) is 9.54. The Labute approximate surface area is 75.2 Å². The van der Waals surface area contributed by atoms with E-state index in [2.05, 4.69) is 31.7 Å². The molecule has 0 aromatic carbocycles. The Hall–Kier alpha value is -0.550. The van der Waals surface area contributed by atoms with Gasteiger partial charge in [0.2, 0.25) is 0 Å². The molecule has 2 heteroatoms. The summed E-state index contributed by atoms with van der Waals surface area (Å²) < 4.78 is 0. The van der Waals surface area contributed by atoms with Gasteiger partial charge in [-0.2, -0.15) is 5.26 Å². The minimum atomic E-state index is 0.285. The molecular formula is C10H18N2. The van der Waals surface area contributed by atoms with Crippen LogP contribution in [0.2, 0.25) is 0 Å². The largest absolute Gasteiger partial charge is 0.301 e. The Morgan fingerprint density at radius 3 is 2.58 bits per heavy atom. The molecule has 0 saturated carbocycles. The molecule has 1 aliphatic heterocycles. The van der Waals surface area contributed by atoms with Crippen molar-refractivity contribution in [3.63, 3.8) is 0 Å². The average molecular weight is 166 g/mol. The maximum atomic E-state index is 8.71. The van der Waals surface area contributed by atoms with E-state index in [9.17, 15) is 0 Å². The van der Waals surface area contributed by atoms with Crippen LogP contribution in [0.25, 0.3) is 0 Å². The molecule has 0 aromatic rings. The summed E-state index contributed by atoms with van der Waals surface area (Å²) in [5, 5.41) is 8.71. The fourth-order valence-corrected chi connectivity index (χ4v) is 1.75. The van der Waals surface area contributed by atoms with Crippen molar-refractivity contribution in [1.29, 1.82) is 5.26 Å². The lowest BCUT2D eigenvalue weighted by Crippen LogP contribution is -2.30. The van der Waals surface area contributed by atoms with Crippen molar-refractivity contribution in [2.45, 2.75) is 27.2 Å². The molecule has 0 bridgehead atoms. The van der Waals surface area contributed by atoms with Crippen molar-refractivity contribution >= 4 is 0 Å². The van der Waals surface area contributed by atoms with Crippen molar-refractivity contribution in [2.24, 2.45) is 11.3 Å². The third kappa shape index (κ3) is 2.83. The number of rotatable bonds is 1. The predicted octanol–water partition coefficient (Wildman–Crippen LogP) is 1.88. The third-order valence-electron chi connectivity index (χ3n) is 2.15. The van der Waals surface area contributed by atoms with Crippen LogP contribution >= 0.6 is 0 Å². The first-order valence-electron chi connectivity index (χ1n) is 4.63. The predicted molar refractivity (Wildman–Crippen MR) is 49.6 cm³/mol. The fourth-order valence-electron chi connectivity index (χ4n) is 1.75. The summed E-state index contributed by atoms with van der Waals surface area (Å²) in [6, 6.07) is 2.34. The molecule has 1 atom stereocenters. The highest BCUT2D eigenvalue weighted by Crippen LogP contribution is 2.21. The molecule has 1 rings (SSSR count). The van der Waals surface area contributed by atoms with Gasteiger partial charge in [-0.3, -0.25) is 0 Å². The molecule has 1 saturated heterocycles. The third-order valence-corrected chi connectivity index (χ3v) is 2.15. The van der Waals surface area contributed by atoms with E-state index < -0.39 is 0 Å². The second kappa shape index (κ2) is 3.45. The van der Waals surface area contributed by atoms with Crippen molar-refractivity contribution in [3.05, 3.63) is 0 Å². The molecule has 0 aromatic heterocycles. The normalized spacial score (nSPS) is 25.7. The fraction of sp³-hybridized carbons (Fsp3) is 0.900. The van der Waals surface area contributed by atoms with Gasteiger partial charge < -0.3 is 4.90 Å². The lowest BCUT2D eigenvalue weighted by molar-refractivity contribution is 0.224. The van der Waals surface area contributed by atoms with Crippen LogP contribution in [0.1, 0.15) is 27.2 Å². The second-order valence-corrected chi connectivity index (χ2v) is 4.91. The first-order valence-corrected chi connectivity index (χ1v) is 4.63. The molecule has 0 aliphatic carbocycles. The lowest BCUT2D eigenvalue weighted by Gasteiger charge is -2.25. The molecule has 12 heavy (non-hydrogen) atoms. The van der Waals surface area contributed by atoms with E-state index in [1.807, 2.05) is 0 Å². The van der Waals surface area contributed by atoms with Crippen LogP contribution in [-0.2, 0) is 0 Å². The standard InChI is InChI=1S/C10H18N2/c1-10(2,3)8-12-5-4-9(6-11)7-12/h9H,4-5,7-8H2,1-3H3. The van der Waals surface area contributed by atoms with E-state index in [1.54, 1.807) is 0 Å². The second-order valence-electron chi connectivity index (χ2n) is 4.91. The van der Waals surface area contributed by atoms with Crippen LogP contribution in [-0.4, -0.2) is 24.5 Å². The van der Waals surface area contributed by atoms with Crippen molar-refractivity contribution in [1.82, 2.24) is 4.90 Å². The van der Waals surface area contributed by atoms with Gasteiger partial charge in [-0.05, 0) is 18.4 Å². The van der Waals surface area contributed by atoms with Crippen LogP contribution < -0.4 is 0 Å². The monoisotopic (exact) mass is 166 g/mol. The number of hydrogen-bond acceptors (Lipinski definition) is 2. The molecule has 1 fully saturated rings. The number of likely N-dealkylation sites (tertiary alicyclic amines) is 1. The van der Waals surface area contributed by atoms with Crippen LogP contribution in [0.5, 0.6) is 0 Å². The molecule has 1 heterocycles. The maximum Gasteiger partial charge on any atom is 0.0669 e. The van der Waals surface area contributed by atoms with E-state index in [4.69, 9.17) is 5.26 Å². The molecule has 0 amide bonds. The van der Waals surface area contributed by atoms with E-state index in [1.165, 1.54) is 0 Å². The van der Waals surface area contributed by atoms with Gasteiger partial charge in [0.05, 0.1) is 12.0 Å². The minimum Gasteiger partial charge on any atom is -0.301 e. The smallest absolute Gasteiger partial charge is 0.0669 e. The Balaban J connectivity index is 2.34. The van der Waals surface area contributed by atoms with Crippen molar-refractivity contribution in [3.8, 4) is 6.07 Å². The van der Waals surface area contributed by atoms with E-state index in [0.29, 0.717) is 5.41 Å². The Morgan fingerprint density at radius 1 is 1.50 bits per heavy atom. The highest BCUT2D eigenvalue weighted by Gasteiger charge is 2.25. The summed E-state index contributed by atoms with van der Waals surface area (Å²) in [7, 11) is 0. The van der Waals surface area contributed by atoms with Crippen LogP contribution in [0, 0.1) is 22.7 Å². The van der Waals surface area contributed by atoms with Gasteiger partial charge >= 0.3 is 0 Å². The minimum absolute atomic E-state index is 0.285. The quantitative estimate of drug-likeness (QED) is 0.594. The van der Waals surface area contributed by atoms with Gasteiger partial charge in [0, 0.05) is 13.1 Å². The molecule has 0 N–H and O–H groups in total. The molecule has 0 spiro atoms. The van der Waals surface area contributed by atoms with Crippen LogP contribution in [0.4, 0.5) is 0 Å². The molecule has 2 nitrogen and oxygen atoms in total. The van der Waals surface area contributed by atoms with Crippen LogP contribution in [0.15, 0.2) is 0 Å². The maximum absolute atomic E-state index is 8.71. The van der Waals surface area contributed by atoms with Gasteiger partial charge in [-0.1, -0.05) is 20.8 Å². The van der Waals surface area contributed by atoms with E-state index in [-0.39, 0.29) is 5.92 Å². The van der Waals surface area contributed by atoms with Crippen molar-refractivity contribution in [2.75, 3.05) is 19.6 Å². The molecular weight excluding hydrogens is 148 g/mol. The summed E-state index contributed by atoms with van der Waals surface area (Å²) in [6.07, 6.45) is 1.06. The highest BCUT2D eigenvalue weighted by atomic mass is 15.1. The Morgan fingerprint density at radius 2 is 2.17 bits per heavy atom. The van der Waals surface area contributed by atoms with Crippen LogP contribution in [0.3, 0.4) is 0 Å². The Kier molecular flexibility index (Phi) is 2.74. The summed E-state index contributed by atoms with van der Waals surface area (Å²) in [5.74, 6) is 0.285. The Bertz CT molecular complexity index is 185. The van der Waals surface area contributed by atoms with E-state index in [0.717, 1.165) is 26.1 Å². The summed E-state index contributed by atoms with van der Waals surface area (Å²) in [6.45, 7) is 9.93. The topological polar surface area (TPSA) is 27.0 Å². The molecule has 1 unspecified atom stereocenters. The van der Waals surface area contributed by atoms with Gasteiger partial charge in [0.15, 0.2) is 0 Å². The van der Waals surface area contributed by atoms with Gasteiger partial charge in [-0.25, -0.2) is 0 Å². The van der Waals surface area contributed by atoms with Gasteiger partial charge in [0.25, 0.3) is 0 Å². The molecule has 68 valence electrons. The highest BCUT2D eigenvalue weighted by molar-refractivity contribution is 4.91. The summed E-state index contributed by atoms with van der Waals surface area (Å²) in [5.41, 5.74) is 0.365. The zero-order valence-electron chi connectivity index (χ0n) is 8.30. The average Bonchev–Trinajstić information content (AvgIpc) is 2.32. The SMILES string of the molecule is CC(C)(C)CN1CCC(C#N)C1. The first-order chi connectivity index (χ1) is 5.51. The zero-order chi connectivity index (χ0) is 9.19. The molecule has 0 radical (unpaired) electrons. The molecule has 1 aliphatic rings.